The highest BCUT2D eigenvalue weighted by atomic mass is 32.1. The fourth-order valence-corrected chi connectivity index (χ4v) is 3.64. The summed E-state index contributed by atoms with van der Waals surface area (Å²) in [4.78, 5) is 17.0. The number of hydrogen-bond acceptors (Lipinski definition) is 6. The maximum Gasteiger partial charge on any atom is 0.275 e. The molecule has 3 aromatic rings. The van der Waals surface area contributed by atoms with Gasteiger partial charge in [-0.05, 0) is 24.6 Å². The first-order valence-corrected chi connectivity index (χ1v) is 8.54. The van der Waals surface area contributed by atoms with Crippen molar-refractivity contribution in [3.8, 4) is 5.75 Å². The van der Waals surface area contributed by atoms with Gasteiger partial charge in [0.1, 0.15) is 11.6 Å². The Morgan fingerprint density at radius 3 is 3.17 bits per heavy atom. The summed E-state index contributed by atoms with van der Waals surface area (Å²) in [6.45, 7) is 2.49. The molecule has 124 valence electrons. The van der Waals surface area contributed by atoms with Crippen molar-refractivity contribution in [1.82, 2.24) is 14.6 Å². The molecule has 6 nitrogen and oxygen atoms in total. The van der Waals surface area contributed by atoms with E-state index in [4.69, 9.17) is 4.74 Å². The Labute approximate surface area is 140 Å². The van der Waals surface area contributed by atoms with Crippen LogP contribution in [-0.2, 0) is 6.42 Å². The van der Waals surface area contributed by atoms with E-state index in [1.165, 1.54) is 34.1 Å². The maximum atomic E-state index is 13.6. The summed E-state index contributed by atoms with van der Waals surface area (Å²) in [5, 5.41) is 8.15. The van der Waals surface area contributed by atoms with Gasteiger partial charge in [0.15, 0.2) is 0 Å². The lowest BCUT2D eigenvalue weighted by atomic mass is 10.0. The van der Waals surface area contributed by atoms with Crippen LogP contribution >= 0.6 is 11.3 Å². The summed E-state index contributed by atoms with van der Waals surface area (Å²) in [5.41, 5.74) is 1.31. The predicted molar refractivity (Wildman–Crippen MR) is 89.4 cm³/mol. The Kier molecular flexibility index (Phi) is 3.68. The lowest BCUT2D eigenvalue weighted by Gasteiger charge is -2.26. The summed E-state index contributed by atoms with van der Waals surface area (Å²) >= 11 is 1.31. The second-order valence-electron chi connectivity index (χ2n) is 5.56. The average Bonchev–Trinajstić information content (AvgIpc) is 2.98. The van der Waals surface area contributed by atoms with E-state index in [9.17, 15) is 9.18 Å². The molecule has 8 heteroatoms. The Balaban J connectivity index is 1.69. The highest BCUT2D eigenvalue weighted by Crippen LogP contribution is 2.35. The zero-order valence-electron chi connectivity index (χ0n) is 13.0. The normalized spacial score (nSPS) is 16.7. The highest BCUT2D eigenvalue weighted by molar-refractivity contribution is 7.20. The van der Waals surface area contributed by atoms with Gasteiger partial charge in [-0.25, -0.2) is 9.37 Å². The van der Waals surface area contributed by atoms with Crippen LogP contribution in [0.5, 0.6) is 5.75 Å². The van der Waals surface area contributed by atoms with Crippen molar-refractivity contribution < 1.29 is 9.13 Å². The number of nitrogens with one attached hydrogen (secondary N) is 1. The number of aromatic nitrogens is 3. The topological polar surface area (TPSA) is 68.5 Å². The van der Waals surface area contributed by atoms with Crippen molar-refractivity contribution in [2.24, 2.45) is 0 Å². The molecule has 0 saturated carbocycles. The third-order valence-corrected chi connectivity index (χ3v) is 4.81. The number of benzene rings is 1. The van der Waals surface area contributed by atoms with Crippen LogP contribution in [0.2, 0.25) is 0 Å². The summed E-state index contributed by atoms with van der Waals surface area (Å²) in [6.07, 6.45) is 1.38. The molecule has 1 aliphatic rings. The molecule has 0 amide bonds. The molecule has 0 radical (unpaired) electrons. The second kappa shape index (κ2) is 5.86. The van der Waals surface area contributed by atoms with Crippen LogP contribution in [0.25, 0.3) is 4.96 Å². The minimum Gasteiger partial charge on any atom is -0.493 e. The van der Waals surface area contributed by atoms with Gasteiger partial charge in [-0.2, -0.15) is 4.52 Å². The molecule has 3 heterocycles. The first-order chi connectivity index (χ1) is 11.6. The number of rotatable bonds is 3. The molecule has 0 bridgehead atoms. The predicted octanol–water partition coefficient (Wildman–Crippen LogP) is 2.79. The van der Waals surface area contributed by atoms with Gasteiger partial charge in [-0.15, -0.1) is 5.10 Å². The Bertz CT molecular complexity index is 968. The largest absolute Gasteiger partial charge is 0.493 e. The fraction of sp³-hybridized carbons (Fsp3) is 0.312. The van der Waals surface area contributed by atoms with E-state index in [-0.39, 0.29) is 17.4 Å². The van der Waals surface area contributed by atoms with E-state index in [1.54, 1.807) is 6.07 Å². The maximum absolute atomic E-state index is 13.6. The van der Waals surface area contributed by atoms with Gasteiger partial charge in [0.25, 0.3) is 5.56 Å². The van der Waals surface area contributed by atoms with Crippen molar-refractivity contribution in [3.63, 3.8) is 0 Å². The van der Waals surface area contributed by atoms with Gasteiger partial charge < -0.3 is 10.1 Å². The zero-order valence-corrected chi connectivity index (χ0v) is 13.8. The number of ether oxygens (including phenoxy) is 1. The van der Waals surface area contributed by atoms with Crippen molar-refractivity contribution in [2.45, 2.75) is 25.8 Å². The molecule has 1 atom stereocenters. The number of fused-ring (bicyclic) bond motifs is 2. The monoisotopic (exact) mass is 346 g/mol. The van der Waals surface area contributed by atoms with Gasteiger partial charge in [0.2, 0.25) is 10.1 Å². The van der Waals surface area contributed by atoms with Crippen LogP contribution in [0.4, 0.5) is 9.52 Å². The lowest BCUT2D eigenvalue weighted by molar-refractivity contribution is 0.273. The molecule has 1 unspecified atom stereocenters. The molecule has 1 N–H and O–H groups in total. The van der Waals surface area contributed by atoms with Crippen LogP contribution in [-0.4, -0.2) is 21.2 Å². The van der Waals surface area contributed by atoms with Crippen LogP contribution in [0.1, 0.15) is 30.6 Å². The quantitative estimate of drug-likeness (QED) is 0.790. The number of anilines is 1. The minimum absolute atomic E-state index is 0.119. The Morgan fingerprint density at radius 2 is 2.33 bits per heavy atom. The molecular weight excluding hydrogens is 331 g/mol. The molecule has 0 saturated heterocycles. The number of halogens is 1. The van der Waals surface area contributed by atoms with Crippen LogP contribution in [0.3, 0.4) is 0 Å². The fourth-order valence-electron chi connectivity index (χ4n) is 2.76. The molecule has 0 fully saturated rings. The molecular formula is C16H15FN4O2S. The van der Waals surface area contributed by atoms with Crippen LogP contribution < -0.4 is 15.6 Å². The van der Waals surface area contributed by atoms with Crippen molar-refractivity contribution in [3.05, 3.63) is 51.7 Å². The van der Waals surface area contributed by atoms with E-state index >= 15 is 0 Å². The third-order valence-electron chi connectivity index (χ3n) is 3.97. The lowest BCUT2D eigenvalue weighted by Crippen LogP contribution is -2.21. The van der Waals surface area contributed by atoms with Crippen molar-refractivity contribution in [2.75, 3.05) is 11.9 Å². The van der Waals surface area contributed by atoms with Crippen molar-refractivity contribution in [1.29, 1.82) is 0 Å². The van der Waals surface area contributed by atoms with Crippen LogP contribution in [0.15, 0.2) is 29.1 Å². The van der Waals surface area contributed by atoms with E-state index in [1.807, 2.05) is 6.92 Å². The van der Waals surface area contributed by atoms with Gasteiger partial charge in [-0.3, -0.25) is 4.79 Å². The van der Waals surface area contributed by atoms with E-state index in [2.05, 4.69) is 15.4 Å². The van der Waals surface area contributed by atoms with E-state index < -0.39 is 0 Å². The number of aryl methyl sites for hydroxylation is 1. The highest BCUT2D eigenvalue weighted by Gasteiger charge is 2.23. The van der Waals surface area contributed by atoms with Gasteiger partial charge in [-0.1, -0.05) is 18.3 Å². The van der Waals surface area contributed by atoms with E-state index in [0.717, 1.165) is 11.3 Å². The molecule has 0 aliphatic carbocycles. The molecule has 2 aromatic heterocycles. The summed E-state index contributed by atoms with van der Waals surface area (Å²) in [5.74, 6) is 0.366. The average molecular weight is 346 g/mol. The standard InChI is InChI=1S/C16H15FN4O2S/c1-2-10-8-14(22)21-16(18-10)24-15(20-21)19-12-5-6-23-13-4-3-9(17)7-11(12)13/h3-4,7-8,12H,2,5-6H2,1H3,(H,19,20). The molecule has 24 heavy (non-hydrogen) atoms. The Morgan fingerprint density at radius 1 is 1.46 bits per heavy atom. The summed E-state index contributed by atoms with van der Waals surface area (Å²) < 4.78 is 20.4. The van der Waals surface area contributed by atoms with Gasteiger partial charge in [0, 0.05) is 23.7 Å². The molecule has 1 aliphatic heterocycles. The van der Waals surface area contributed by atoms with Gasteiger partial charge in [0.05, 0.1) is 12.6 Å². The minimum atomic E-state index is -0.305. The SMILES string of the molecule is CCc1cc(=O)n2nc(NC3CCOc4ccc(F)cc43)sc2n1. The summed E-state index contributed by atoms with van der Waals surface area (Å²) in [6, 6.07) is 5.87. The van der Waals surface area contributed by atoms with Crippen molar-refractivity contribution >= 4 is 21.4 Å². The second-order valence-corrected chi connectivity index (χ2v) is 6.51. The summed E-state index contributed by atoms with van der Waals surface area (Å²) in [7, 11) is 0. The van der Waals surface area contributed by atoms with Gasteiger partial charge >= 0.3 is 0 Å². The first-order valence-electron chi connectivity index (χ1n) is 7.72. The van der Waals surface area contributed by atoms with E-state index in [0.29, 0.717) is 35.3 Å². The molecule has 4 rings (SSSR count). The molecule has 0 spiro atoms. The third kappa shape index (κ3) is 2.62. The Hall–Kier alpha value is -2.48. The number of nitrogens with zero attached hydrogens (tertiary/aromatic N) is 3. The zero-order chi connectivity index (χ0) is 16.7. The first kappa shape index (κ1) is 15.1. The van der Waals surface area contributed by atoms with Crippen LogP contribution in [0, 0.1) is 5.82 Å². The number of hydrogen-bond donors (Lipinski definition) is 1. The molecule has 1 aromatic carbocycles. The smallest absolute Gasteiger partial charge is 0.275 e.